The van der Waals surface area contributed by atoms with Crippen LogP contribution in [0, 0.1) is 0 Å². The Hall–Kier alpha value is -3.72. The van der Waals surface area contributed by atoms with Crippen LogP contribution in [0.25, 0.3) is 22.4 Å². The van der Waals surface area contributed by atoms with Gasteiger partial charge in [-0.05, 0) is 62.8 Å². The van der Waals surface area contributed by atoms with Gasteiger partial charge in [0.15, 0.2) is 0 Å². The molecule has 1 saturated heterocycles. The molecule has 2 heterocycles. The average Bonchev–Trinajstić information content (AvgIpc) is 3.37. The Morgan fingerprint density at radius 1 is 1.08 bits per heavy atom. The number of hydrogen-bond donors (Lipinski definition) is 1. The minimum absolute atomic E-state index is 0.0112. The molecule has 3 aromatic rings. The maximum Gasteiger partial charge on any atom is 0.387 e. The fourth-order valence-corrected chi connectivity index (χ4v) is 4.56. The number of phenols is 1. The van der Waals surface area contributed by atoms with E-state index in [1.807, 2.05) is 23.9 Å². The highest BCUT2D eigenvalue weighted by Gasteiger charge is 2.34. The van der Waals surface area contributed by atoms with Crippen molar-refractivity contribution >= 4 is 11.7 Å². The molecule has 1 aliphatic heterocycles. The molecular formula is C28H32F2N4O3. The molecule has 9 heteroatoms. The van der Waals surface area contributed by atoms with E-state index in [0.29, 0.717) is 47.7 Å². The number of carbonyl (C=O) groups excluding carboxylic acids is 1. The number of phenolic OH excluding ortho intramolecular Hbond substituents is 1. The molecule has 196 valence electrons. The van der Waals surface area contributed by atoms with E-state index in [1.165, 1.54) is 6.07 Å². The zero-order chi connectivity index (χ0) is 26.5. The van der Waals surface area contributed by atoms with Crippen LogP contribution >= 0.6 is 0 Å². The highest BCUT2D eigenvalue weighted by Crippen LogP contribution is 2.38. The van der Waals surface area contributed by atoms with Crippen LogP contribution in [0.2, 0.25) is 0 Å². The normalized spacial score (nSPS) is 15.4. The number of carbonyl (C=O) groups is 1. The Labute approximate surface area is 215 Å². The molecule has 1 fully saturated rings. The molecule has 7 nitrogen and oxygen atoms in total. The molecule has 0 saturated carbocycles. The summed E-state index contributed by atoms with van der Waals surface area (Å²) in [5.41, 5.74) is 2.03. The van der Waals surface area contributed by atoms with E-state index in [0.717, 1.165) is 13.0 Å². The molecule has 4 rings (SSSR count). The van der Waals surface area contributed by atoms with E-state index < -0.39 is 6.61 Å². The van der Waals surface area contributed by atoms with Crippen LogP contribution in [0.15, 0.2) is 60.7 Å². The third-order valence-electron chi connectivity index (χ3n) is 6.50. The molecule has 37 heavy (non-hydrogen) atoms. The summed E-state index contributed by atoms with van der Waals surface area (Å²) in [4.78, 5) is 23.9. The SMILES string of the molecule is CN(C)CCN(C)C(=O)[C@@H]1CCCN1c1cc(-c2ccccc2OC(F)F)cc(-c2ccccc2O)n1. The van der Waals surface area contributed by atoms with E-state index in [9.17, 15) is 18.7 Å². The van der Waals surface area contributed by atoms with Crippen LogP contribution in [0.4, 0.5) is 14.6 Å². The first kappa shape index (κ1) is 26.3. The van der Waals surface area contributed by atoms with Gasteiger partial charge >= 0.3 is 6.61 Å². The summed E-state index contributed by atoms with van der Waals surface area (Å²) in [6.07, 6.45) is 1.51. The number of alkyl halides is 2. The lowest BCUT2D eigenvalue weighted by atomic mass is 10.0. The van der Waals surface area contributed by atoms with Crippen molar-refractivity contribution in [3.8, 4) is 33.9 Å². The first-order chi connectivity index (χ1) is 17.7. The summed E-state index contributed by atoms with van der Waals surface area (Å²) in [5, 5.41) is 10.5. The number of benzene rings is 2. The first-order valence-corrected chi connectivity index (χ1v) is 12.3. The van der Waals surface area contributed by atoms with Crippen molar-refractivity contribution in [3.63, 3.8) is 0 Å². The number of hydrogen-bond acceptors (Lipinski definition) is 6. The van der Waals surface area contributed by atoms with Crippen LogP contribution in [-0.2, 0) is 4.79 Å². The zero-order valence-corrected chi connectivity index (χ0v) is 21.3. The maximum absolute atomic E-state index is 13.4. The summed E-state index contributed by atoms with van der Waals surface area (Å²) < 4.78 is 31.1. The Morgan fingerprint density at radius 3 is 2.49 bits per heavy atom. The van der Waals surface area contributed by atoms with Crippen molar-refractivity contribution in [2.24, 2.45) is 0 Å². The number of nitrogens with zero attached hydrogens (tertiary/aromatic N) is 4. The lowest BCUT2D eigenvalue weighted by Crippen LogP contribution is -2.46. The summed E-state index contributed by atoms with van der Waals surface area (Å²) in [6.45, 7) is -0.992. The maximum atomic E-state index is 13.4. The van der Waals surface area contributed by atoms with Gasteiger partial charge in [-0.1, -0.05) is 30.3 Å². The lowest BCUT2D eigenvalue weighted by molar-refractivity contribution is -0.131. The molecule has 0 bridgehead atoms. The predicted molar refractivity (Wildman–Crippen MR) is 140 cm³/mol. The second-order valence-corrected chi connectivity index (χ2v) is 9.41. The van der Waals surface area contributed by atoms with E-state index >= 15 is 0 Å². The van der Waals surface area contributed by atoms with Crippen LogP contribution in [0.3, 0.4) is 0 Å². The van der Waals surface area contributed by atoms with E-state index in [1.54, 1.807) is 66.5 Å². The smallest absolute Gasteiger partial charge is 0.387 e. The number of aromatic hydroxyl groups is 1. The minimum atomic E-state index is -2.97. The summed E-state index contributed by atoms with van der Waals surface area (Å²) >= 11 is 0. The molecule has 1 N–H and O–H groups in total. The Balaban J connectivity index is 1.78. The second-order valence-electron chi connectivity index (χ2n) is 9.41. The summed E-state index contributed by atoms with van der Waals surface area (Å²) in [6, 6.07) is 16.5. The Bertz CT molecular complexity index is 1240. The Morgan fingerprint density at radius 2 is 1.78 bits per heavy atom. The van der Waals surface area contributed by atoms with Crippen molar-refractivity contribution in [2.75, 3.05) is 45.7 Å². The monoisotopic (exact) mass is 510 g/mol. The van der Waals surface area contributed by atoms with E-state index in [-0.39, 0.29) is 23.4 Å². The molecule has 2 aromatic carbocycles. The quantitative estimate of drug-likeness (QED) is 0.450. The lowest BCUT2D eigenvalue weighted by Gasteiger charge is -2.30. The highest BCUT2D eigenvalue weighted by molar-refractivity contribution is 5.86. The van der Waals surface area contributed by atoms with Gasteiger partial charge in [-0.15, -0.1) is 0 Å². The first-order valence-electron chi connectivity index (χ1n) is 12.3. The molecular weight excluding hydrogens is 478 g/mol. The molecule has 0 spiro atoms. The largest absolute Gasteiger partial charge is 0.507 e. The van der Waals surface area contributed by atoms with Gasteiger partial charge in [-0.3, -0.25) is 4.79 Å². The van der Waals surface area contributed by atoms with Crippen molar-refractivity contribution in [3.05, 3.63) is 60.7 Å². The predicted octanol–water partition coefficient (Wildman–Crippen LogP) is 4.71. The van der Waals surface area contributed by atoms with Crippen LogP contribution in [-0.4, -0.2) is 79.2 Å². The average molecular weight is 511 g/mol. The molecule has 1 amide bonds. The van der Waals surface area contributed by atoms with Gasteiger partial charge < -0.3 is 24.5 Å². The van der Waals surface area contributed by atoms with Gasteiger partial charge in [-0.25, -0.2) is 4.98 Å². The van der Waals surface area contributed by atoms with Gasteiger partial charge in [0.2, 0.25) is 5.91 Å². The number of para-hydroxylation sites is 2. The highest BCUT2D eigenvalue weighted by atomic mass is 19.3. The number of ether oxygens (including phenoxy) is 1. The molecule has 1 aliphatic rings. The van der Waals surface area contributed by atoms with Gasteiger partial charge in [0.25, 0.3) is 0 Å². The van der Waals surface area contributed by atoms with Crippen LogP contribution in [0.5, 0.6) is 11.5 Å². The number of halogens is 2. The van der Waals surface area contributed by atoms with Gasteiger partial charge in [0, 0.05) is 37.8 Å². The molecule has 1 aromatic heterocycles. The molecule has 0 unspecified atom stereocenters. The fraction of sp³-hybridized carbons (Fsp3) is 0.357. The minimum Gasteiger partial charge on any atom is -0.507 e. The third-order valence-corrected chi connectivity index (χ3v) is 6.50. The number of likely N-dealkylation sites (N-methyl/N-ethyl adjacent to an activating group) is 2. The number of amides is 1. The molecule has 0 radical (unpaired) electrons. The van der Waals surface area contributed by atoms with E-state index in [4.69, 9.17) is 9.72 Å². The van der Waals surface area contributed by atoms with Crippen LogP contribution in [0.1, 0.15) is 12.8 Å². The number of rotatable bonds is 9. The van der Waals surface area contributed by atoms with Crippen LogP contribution < -0.4 is 9.64 Å². The van der Waals surface area contributed by atoms with Crippen molar-refractivity contribution in [1.82, 2.24) is 14.8 Å². The standard InChI is InChI=1S/C28H32F2N4O3/c1-32(2)15-16-33(3)27(36)23-11-8-14-34(23)26-18-19(20-9-5-7-13-25(20)37-28(29)30)17-22(31-26)21-10-4-6-12-24(21)35/h4-7,9-10,12-13,17-18,23,28,35H,8,11,14-16H2,1-3H3/t23-/m0/s1. The van der Waals surface area contributed by atoms with Gasteiger partial charge in [0.05, 0.1) is 5.69 Å². The van der Waals surface area contributed by atoms with Crippen molar-refractivity contribution in [2.45, 2.75) is 25.5 Å². The van der Waals surface area contributed by atoms with Gasteiger partial charge in [-0.2, -0.15) is 8.78 Å². The Kier molecular flexibility index (Phi) is 8.23. The summed E-state index contributed by atoms with van der Waals surface area (Å²) in [7, 11) is 5.73. The number of aromatic nitrogens is 1. The second kappa shape index (κ2) is 11.6. The molecule has 1 atom stereocenters. The summed E-state index contributed by atoms with van der Waals surface area (Å²) in [5.74, 6) is 0.639. The number of anilines is 1. The fourth-order valence-electron chi connectivity index (χ4n) is 4.56. The van der Waals surface area contributed by atoms with Gasteiger partial charge in [0.1, 0.15) is 23.4 Å². The molecule has 0 aliphatic carbocycles. The third kappa shape index (κ3) is 6.17. The van der Waals surface area contributed by atoms with E-state index in [2.05, 4.69) is 0 Å². The van der Waals surface area contributed by atoms with Crippen molar-refractivity contribution in [1.29, 1.82) is 0 Å². The zero-order valence-electron chi connectivity index (χ0n) is 21.3. The topological polar surface area (TPSA) is 69.1 Å². The van der Waals surface area contributed by atoms with Crippen molar-refractivity contribution < 1.29 is 23.4 Å². The number of pyridine rings is 1.